The smallest absolute Gasteiger partial charge is 0.252 e. The molecule has 1 atom stereocenters. The fourth-order valence-electron chi connectivity index (χ4n) is 1.46. The molecule has 0 aliphatic rings. The van der Waals surface area contributed by atoms with Crippen molar-refractivity contribution in [2.75, 3.05) is 0 Å². The summed E-state index contributed by atoms with van der Waals surface area (Å²) >= 11 is 6.06. The van der Waals surface area contributed by atoms with Crippen molar-refractivity contribution in [1.29, 1.82) is 0 Å². The Hall–Kier alpha value is -1.02. The third-order valence-electron chi connectivity index (χ3n) is 3.28. The third kappa shape index (κ3) is 3.22. The summed E-state index contributed by atoms with van der Waals surface area (Å²) < 4.78 is 0. The van der Waals surface area contributed by atoms with E-state index in [9.17, 15) is 4.79 Å². The van der Waals surface area contributed by atoms with Gasteiger partial charge in [-0.15, -0.1) is 11.6 Å². The number of benzene rings is 1. The van der Waals surface area contributed by atoms with E-state index >= 15 is 0 Å². The van der Waals surface area contributed by atoms with Crippen LogP contribution in [0.4, 0.5) is 0 Å². The first-order valence-electron chi connectivity index (χ1n) is 5.78. The molecule has 0 fully saturated rings. The predicted octanol–water partition coefficient (Wildman–Crippen LogP) is 3.44. The van der Waals surface area contributed by atoms with Crippen LogP contribution in [0.5, 0.6) is 0 Å². The maximum atomic E-state index is 12.2. The van der Waals surface area contributed by atoms with E-state index in [1.54, 1.807) is 0 Å². The van der Waals surface area contributed by atoms with Crippen molar-refractivity contribution in [3.63, 3.8) is 0 Å². The van der Waals surface area contributed by atoms with E-state index in [4.69, 9.17) is 11.6 Å². The van der Waals surface area contributed by atoms with Crippen molar-refractivity contribution < 1.29 is 4.79 Å². The Morgan fingerprint density at radius 2 is 1.94 bits per heavy atom. The number of alkyl halides is 1. The van der Waals surface area contributed by atoms with Gasteiger partial charge in [0.25, 0.3) is 5.91 Å². The molecule has 0 spiro atoms. The summed E-state index contributed by atoms with van der Waals surface area (Å²) in [6.45, 7) is 9.69. The molecule has 0 aliphatic heterocycles. The van der Waals surface area contributed by atoms with Crippen LogP contribution in [0.1, 0.15) is 42.3 Å². The Kier molecular flexibility index (Phi) is 4.21. The van der Waals surface area contributed by atoms with Crippen LogP contribution < -0.4 is 5.32 Å². The van der Waals surface area contributed by atoms with Gasteiger partial charge in [0.1, 0.15) is 0 Å². The van der Waals surface area contributed by atoms with Crippen molar-refractivity contribution in [2.45, 2.75) is 45.5 Å². The van der Waals surface area contributed by atoms with E-state index in [-0.39, 0.29) is 11.3 Å². The summed E-state index contributed by atoms with van der Waals surface area (Å²) in [6.07, 6.45) is 0. The van der Waals surface area contributed by atoms with Gasteiger partial charge in [0.2, 0.25) is 0 Å². The predicted molar refractivity (Wildman–Crippen MR) is 72.8 cm³/mol. The molecule has 0 saturated heterocycles. The number of rotatable bonds is 3. The summed E-state index contributed by atoms with van der Waals surface area (Å²) in [7, 11) is 0. The summed E-state index contributed by atoms with van der Waals surface area (Å²) in [6, 6.07) is 5.74. The molecule has 0 aromatic heterocycles. The second-order valence-corrected chi connectivity index (χ2v) is 5.69. The summed E-state index contributed by atoms with van der Waals surface area (Å²) in [4.78, 5) is 12.2. The molecular formula is C14H20ClNO. The fraction of sp³-hybridized carbons (Fsp3) is 0.500. The van der Waals surface area contributed by atoms with E-state index < -0.39 is 5.54 Å². The first-order valence-corrected chi connectivity index (χ1v) is 6.22. The summed E-state index contributed by atoms with van der Waals surface area (Å²) in [5.41, 5.74) is 2.43. The topological polar surface area (TPSA) is 29.1 Å². The van der Waals surface area contributed by atoms with Gasteiger partial charge in [-0.2, -0.15) is 0 Å². The molecule has 1 amide bonds. The molecule has 1 aromatic rings. The quantitative estimate of drug-likeness (QED) is 0.822. The van der Waals surface area contributed by atoms with Gasteiger partial charge in [0, 0.05) is 5.56 Å². The van der Waals surface area contributed by atoms with Crippen LogP contribution in [0.2, 0.25) is 0 Å². The number of amides is 1. The molecule has 1 rings (SSSR count). The molecule has 0 radical (unpaired) electrons. The molecule has 3 heteroatoms. The molecule has 94 valence electrons. The van der Waals surface area contributed by atoms with Crippen molar-refractivity contribution >= 4 is 17.5 Å². The highest BCUT2D eigenvalue weighted by atomic mass is 35.5. The van der Waals surface area contributed by atoms with Crippen molar-refractivity contribution in [3.05, 3.63) is 34.9 Å². The van der Waals surface area contributed by atoms with E-state index in [1.165, 1.54) is 0 Å². The highest BCUT2D eigenvalue weighted by molar-refractivity contribution is 6.21. The summed E-state index contributed by atoms with van der Waals surface area (Å²) in [5, 5.41) is 2.84. The number of nitrogens with one attached hydrogen (secondary N) is 1. The van der Waals surface area contributed by atoms with Crippen molar-refractivity contribution in [3.8, 4) is 0 Å². The van der Waals surface area contributed by atoms with Gasteiger partial charge in [-0.25, -0.2) is 0 Å². The minimum Gasteiger partial charge on any atom is -0.346 e. The number of hydrogen-bond donors (Lipinski definition) is 1. The SMILES string of the molecule is Cc1cccc(C(=O)NC(C)(C)C(C)Cl)c1C. The Morgan fingerprint density at radius 1 is 1.35 bits per heavy atom. The van der Waals surface area contributed by atoms with Gasteiger partial charge in [-0.3, -0.25) is 4.79 Å². The Bertz CT molecular complexity index is 424. The first kappa shape index (κ1) is 14.0. The highest BCUT2D eigenvalue weighted by Gasteiger charge is 2.27. The van der Waals surface area contributed by atoms with Gasteiger partial charge in [-0.1, -0.05) is 12.1 Å². The van der Waals surface area contributed by atoms with Crippen LogP contribution in [0.3, 0.4) is 0 Å². The van der Waals surface area contributed by atoms with Crippen LogP contribution in [0.15, 0.2) is 18.2 Å². The second kappa shape index (κ2) is 5.09. The van der Waals surface area contributed by atoms with Crippen LogP contribution in [0, 0.1) is 13.8 Å². The number of halogens is 1. The minimum absolute atomic E-state index is 0.0660. The number of aryl methyl sites for hydroxylation is 1. The van der Waals surface area contributed by atoms with E-state index in [2.05, 4.69) is 5.32 Å². The highest BCUT2D eigenvalue weighted by Crippen LogP contribution is 2.18. The molecule has 0 saturated carbocycles. The fourth-order valence-corrected chi connectivity index (χ4v) is 1.51. The Labute approximate surface area is 108 Å². The van der Waals surface area contributed by atoms with E-state index in [0.717, 1.165) is 16.7 Å². The average Bonchev–Trinajstić information content (AvgIpc) is 2.21. The molecule has 1 aromatic carbocycles. The molecule has 0 bridgehead atoms. The third-order valence-corrected chi connectivity index (χ3v) is 3.82. The lowest BCUT2D eigenvalue weighted by atomic mass is 9.98. The molecule has 17 heavy (non-hydrogen) atoms. The zero-order chi connectivity index (χ0) is 13.2. The maximum Gasteiger partial charge on any atom is 0.252 e. The van der Waals surface area contributed by atoms with Gasteiger partial charge in [0.15, 0.2) is 0 Å². The van der Waals surface area contributed by atoms with Gasteiger partial charge >= 0.3 is 0 Å². The molecule has 1 unspecified atom stereocenters. The van der Waals surface area contributed by atoms with E-state index in [0.29, 0.717) is 0 Å². The molecule has 0 aliphatic carbocycles. The number of carbonyl (C=O) groups excluding carboxylic acids is 1. The summed E-state index contributed by atoms with van der Waals surface area (Å²) in [5.74, 6) is -0.0660. The molecule has 1 N–H and O–H groups in total. The maximum absolute atomic E-state index is 12.2. The standard InChI is InChI=1S/C14H20ClNO/c1-9-7-6-8-12(10(9)2)13(17)16-14(4,5)11(3)15/h6-8,11H,1-5H3,(H,16,17). The van der Waals surface area contributed by atoms with Crippen LogP contribution in [-0.4, -0.2) is 16.8 Å². The number of carbonyl (C=O) groups is 1. The number of hydrogen-bond acceptors (Lipinski definition) is 1. The first-order chi connectivity index (χ1) is 7.75. The molecular weight excluding hydrogens is 234 g/mol. The lowest BCUT2D eigenvalue weighted by Gasteiger charge is -2.29. The Balaban J connectivity index is 2.95. The van der Waals surface area contributed by atoms with Gasteiger partial charge in [0.05, 0.1) is 10.9 Å². The molecule has 2 nitrogen and oxygen atoms in total. The van der Waals surface area contributed by atoms with E-state index in [1.807, 2.05) is 52.8 Å². The largest absolute Gasteiger partial charge is 0.346 e. The average molecular weight is 254 g/mol. The lowest BCUT2D eigenvalue weighted by molar-refractivity contribution is 0.0911. The second-order valence-electron chi connectivity index (χ2n) is 5.04. The molecule has 0 heterocycles. The van der Waals surface area contributed by atoms with Crippen LogP contribution in [0.25, 0.3) is 0 Å². The zero-order valence-corrected chi connectivity index (χ0v) is 11.9. The van der Waals surface area contributed by atoms with Crippen LogP contribution >= 0.6 is 11.6 Å². The minimum atomic E-state index is -0.422. The van der Waals surface area contributed by atoms with Gasteiger partial charge < -0.3 is 5.32 Å². The lowest BCUT2D eigenvalue weighted by Crippen LogP contribution is -2.49. The van der Waals surface area contributed by atoms with Crippen molar-refractivity contribution in [1.82, 2.24) is 5.32 Å². The Morgan fingerprint density at radius 3 is 2.47 bits per heavy atom. The van der Waals surface area contributed by atoms with Crippen LogP contribution in [-0.2, 0) is 0 Å². The monoisotopic (exact) mass is 253 g/mol. The van der Waals surface area contributed by atoms with Gasteiger partial charge in [-0.05, 0) is 51.8 Å². The zero-order valence-electron chi connectivity index (χ0n) is 11.1. The van der Waals surface area contributed by atoms with Crippen molar-refractivity contribution in [2.24, 2.45) is 0 Å². The normalized spacial score (nSPS) is 13.3.